The molecule has 1 heterocycles. The monoisotopic (exact) mass is 332 g/mol. The quantitative estimate of drug-likeness (QED) is 0.549. The Morgan fingerprint density at radius 2 is 1.96 bits per heavy atom. The average molecular weight is 333 g/mol. The van der Waals surface area contributed by atoms with E-state index in [0.717, 1.165) is 24.2 Å². The zero-order valence-corrected chi connectivity index (χ0v) is 13.3. The van der Waals surface area contributed by atoms with Gasteiger partial charge in [-0.2, -0.15) is 0 Å². The number of halogens is 1. The van der Waals surface area contributed by atoms with E-state index in [4.69, 9.17) is 16.3 Å². The van der Waals surface area contributed by atoms with Crippen LogP contribution in [0.2, 0.25) is 5.02 Å². The molecule has 1 fully saturated rings. The summed E-state index contributed by atoms with van der Waals surface area (Å²) in [5.41, 5.74) is 1.04. The Bertz CT molecular complexity index is 697. The molecular formula is C17H17ClN2O3. The van der Waals surface area contributed by atoms with Crippen molar-refractivity contribution in [1.82, 2.24) is 4.98 Å². The van der Waals surface area contributed by atoms with Gasteiger partial charge >= 0.3 is 0 Å². The van der Waals surface area contributed by atoms with E-state index in [0.29, 0.717) is 16.8 Å². The van der Waals surface area contributed by atoms with Crippen LogP contribution in [0.4, 0.5) is 5.69 Å². The number of hydrogen-bond acceptors (Lipinski definition) is 4. The number of pyridine rings is 1. The molecule has 0 N–H and O–H groups in total. The number of nitro groups is 1. The Morgan fingerprint density at radius 1 is 1.17 bits per heavy atom. The van der Waals surface area contributed by atoms with Crippen LogP contribution in [0.3, 0.4) is 0 Å². The van der Waals surface area contributed by atoms with E-state index in [9.17, 15) is 10.1 Å². The second kappa shape index (κ2) is 6.96. The summed E-state index contributed by atoms with van der Waals surface area (Å²) in [7, 11) is 0. The van der Waals surface area contributed by atoms with Gasteiger partial charge in [0.15, 0.2) is 0 Å². The highest BCUT2D eigenvalue weighted by Crippen LogP contribution is 2.40. The molecule has 0 spiro atoms. The van der Waals surface area contributed by atoms with E-state index < -0.39 is 4.92 Å². The minimum Gasteiger partial charge on any atom is -0.439 e. The highest BCUT2D eigenvalue weighted by Gasteiger charge is 2.20. The van der Waals surface area contributed by atoms with E-state index in [1.165, 1.54) is 37.6 Å². The highest BCUT2D eigenvalue weighted by atomic mass is 35.5. The largest absolute Gasteiger partial charge is 0.439 e. The maximum atomic E-state index is 10.7. The Labute approximate surface area is 139 Å². The van der Waals surface area contributed by atoms with Gasteiger partial charge in [0.05, 0.1) is 4.92 Å². The smallest absolute Gasteiger partial charge is 0.287 e. The molecule has 1 aliphatic rings. The second-order valence-electron chi connectivity index (χ2n) is 5.73. The molecule has 1 saturated carbocycles. The van der Waals surface area contributed by atoms with Gasteiger partial charge in [0.25, 0.3) is 5.69 Å². The Kier molecular flexibility index (Phi) is 4.76. The molecular weight excluding hydrogens is 316 g/mol. The van der Waals surface area contributed by atoms with Crippen LogP contribution in [0.5, 0.6) is 11.6 Å². The minimum absolute atomic E-state index is 0.0547. The average Bonchev–Trinajstić information content (AvgIpc) is 2.58. The summed E-state index contributed by atoms with van der Waals surface area (Å²) >= 11 is 6.15. The summed E-state index contributed by atoms with van der Waals surface area (Å²) in [4.78, 5) is 14.2. The van der Waals surface area contributed by atoms with Crippen LogP contribution < -0.4 is 4.74 Å². The summed E-state index contributed by atoms with van der Waals surface area (Å²) in [6.45, 7) is 0. The molecule has 0 unspecified atom stereocenters. The van der Waals surface area contributed by atoms with Crippen LogP contribution >= 0.6 is 11.6 Å². The van der Waals surface area contributed by atoms with Crippen molar-refractivity contribution < 1.29 is 9.66 Å². The lowest BCUT2D eigenvalue weighted by atomic mass is 9.84. The van der Waals surface area contributed by atoms with Crippen molar-refractivity contribution in [2.45, 2.75) is 38.0 Å². The highest BCUT2D eigenvalue weighted by molar-refractivity contribution is 6.30. The van der Waals surface area contributed by atoms with Crippen LogP contribution in [-0.2, 0) is 0 Å². The lowest BCUT2D eigenvalue weighted by Gasteiger charge is -2.24. The van der Waals surface area contributed by atoms with Gasteiger partial charge in [-0.1, -0.05) is 30.9 Å². The van der Waals surface area contributed by atoms with Crippen LogP contribution in [-0.4, -0.2) is 9.91 Å². The zero-order valence-electron chi connectivity index (χ0n) is 12.6. The number of rotatable bonds is 4. The summed E-state index contributed by atoms with van der Waals surface area (Å²) < 4.78 is 5.86. The summed E-state index contributed by atoms with van der Waals surface area (Å²) in [6, 6.07) is 8.48. The molecule has 5 nitrogen and oxygen atoms in total. The van der Waals surface area contributed by atoms with Crippen LogP contribution in [0.15, 0.2) is 36.5 Å². The third-order valence-corrected chi connectivity index (χ3v) is 4.40. The molecule has 1 aromatic heterocycles. The van der Waals surface area contributed by atoms with E-state index in [1.807, 2.05) is 12.1 Å². The second-order valence-corrected chi connectivity index (χ2v) is 6.17. The molecule has 0 amide bonds. The molecule has 6 heteroatoms. The molecule has 0 aliphatic heterocycles. The van der Waals surface area contributed by atoms with Crippen LogP contribution in [0.1, 0.15) is 43.6 Å². The van der Waals surface area contributed by atoms with E-state index in [1.54, 1.807) is 6.07 Å². The summed E-state index contributed by atoms with van der Waals surface area (Å²) in [5, 5.41) is 11.4. The lowest BCUT2D eigenvalue weighted by molar-refractivity contribution is -0.385. The third kappa shape index (κ3) is 3.79. The Balaban J connectivity index is 1.85. The van der Waals surface area contributed by atoms with Gasteiger partial charge < -0.3 is 4.74 Å². The van der Waals surface area contributed by atoms with E-state index >= 15 is 0 Å². The van der Waals surface area contributed by atoms with E-state index in [2.05, 4.69) is 4.98 Å². The predicted molar refractivity (Wildman–Crippen MR) is 88.2 cm³/mol. The number of benzene rings is 1. The first-order valence-corrected chi connectivity index (χ1v) is 8.09. The van der Waals surface area contributed by atoms with Crippen LogP contribution in [0, 0.1) is 10.1 Å². The molecule has 120 valence electrons. The molecule has 1 aliphatic carbocycles. The van der Waals surface area contributed by atoms with Crippen molar-refractivity contribution in [3.8, 4) is 11.6 Å². The maximum Gasteiger partial charge on any atom is 0.287 e. The Morgan fingerprint density at radius 3 is 2.61 bits per heavy atom. The van der Waals surface area contributed by atoms with Crippen molar-refractivity contribution in [2.24, 2.45) is 0 Å². The minimum atomic E-state index is -0.480. The molecule has 2 aromatic rings. The number of aromatic nitrogens is 1. The van der Waals surface area contributed by atoms with Crippen molar-refractivity contribution in [3.05, 3.63) is 57.2 Å². The van der Waals surface area contributed by atoms with Gasteiger partial charge in [-0.05, 0) is 42.5 Å². The number of hydrogen-bond donors (Lipinski definition) is 0. The first-order chi connectivity index (χ1) is 11.1. The van der Waals surface area contributed by atoms with Gasteiger partial charge in [0, 0.05) is 17.2 Å². The van der Waals surface area contributed by atoms with Crippen molar-refractivity contribution in [3.63, 3.8) is 0 Å². The van der Waals surface area contributed by atoms with Crippen molar-refractivity contribution >= 4 is 17.3 Å². The fraction of sp³-hybridized carbons (Fsp3) is 0.353. The van der Waals surface area contributed by atoms with Gasteiger partial charge in [0.2, 0.25) is 5.88 Å². The first kappa shape index (κ1) is 15.7. The van der Waals surface area contributed by atoms with Gasteiger partial charge in [0.1, 0.15) is 11.9 Å². The molecule has 3 rings (SSSR count). The number of nitrogens with zero attached hydrogens (tertiary/aromatic N) is 2. The SMILES string of the molecule is O=[N+]([O-])c1ccc(Oc2ccc(Cl)cc2C2CCCCC2)nc1. The van der Waals surface area contributed by atoms with Crippen molar-refractivity contribution in [2.75, 3.05) is 0 Å². The maximum absolute atomic E-state index is 10.7. The van der Waals surface area contributed by atoms with Gasteiger partial charge in [-0.25, -0.2) is 4.98 Å². The standard InChI is InChI=1S/C17H17ClN2O3/c18-13-6-8-16(15(10-13)12-4-2-1-3-5-12)23-17-9-7-14(11-19-17)20(21)22/h6-12H,1-5H2. The van der Waals surface area contributed by atoms with Gasteiger partial charge in [-0.3, -0.25) is 10.1 Å². The summed E-state index contributed by atoms with van der Waals surface area (Å²) in [5.74, 6) is 1.51. The topological polar surface area (TPSA) is 65.3 Å². The first-order valence-electron chi connectivity index (χ1n) is 7.71. The molecule has 0 radical (unpaired) electrons. The fourth-order valence-corrected chi connectivity index (χ4v) is 3.18. The summed E-state index contributed by atoms with van der Waals surface area (Å²) in [6.07, 6.45) is 7.16. The number of ether oxygens (including phenoxy) is 1. The normalized spacial score (nSPS) is 15.3. The predicted octanol–water partition coefficient (Wildman–Crippen LogP) is 5.48. The molecule has 0 bridgehead atoms. The fourth-order valence-electron chi connectivity index (χ4n) is 3.00. The molecule has 0 atom stereocenters. The van der Waals surface area contributed by atoms with Crippen molar-refractivity contribution in [1.29, 1.82) is 0 Å². The van der Waals surface area contributed by atoms with E-state index in [-0.39, 0.29) is 5.69 Å². The lowest BCUT2D eigenvalue weighted by Crippen LogP contribution is -2.06. The van der Waals surface area contributed by atoms with Crippen LogP contribution in [0.25, 0.3) is 0 Å². The van der Waals surface area contributed by atoms with Gasteiger partial charge in [-0.15, -0.1) is 0 Å². The Hall–Kier alpha value is -2.14. The molecule has 0 saturated heterocycles. The molecule has 1 aromatic carbocycles. The zero-order chi connectivity index (χ0) is 16.2. The molecule has 23 heavy (non-hydrogen) atoms. The third-order valence-electron chi connectivity index (χ3n) is 4.16.